The largest absolute Gasteiger partial charge is 0.365 e. The molecule has 6 nitrogen and oxygen atoms in total. The lowest BCUT2D eigenvalue weighted by atomic mass is 10.1. The quantitative estimate of drug-likeness (QED) is 0.281. The van der Waals surface area contributed by atoms with Gasteiger partial charge in [-0.25, -0.2) is 10.2 Å². The minimum absolute atomic E-state index is 0.116. The van der Waals surface area contributed by atoms with Crippen molar-refractivity contribution in [1.29, 1.82) is 0 Å². The summed E-state index contributed by atoms with van der Waals surface area (Å²) in [6, 6.07) is 0. The van der Waals surface area contributed by atoms with Crippen LogP contribution in [-0.2, 0) is 0 Å². The fourth-order valence-corrected chi connectivity index (χ4v) is 0.484. The van der Waals surface area contributed by atoms with Gasteiger partial charge in [0.1, 0.15) is 4.91 Å². The van der Waals surface area contributed by atoms with Gasteiger partial charge in [-0.3, -0.25) is 0 Å². The lowest BCUT2D eigenvalue weighted by Crippen LogP contribution is -2.39. The maximum absolute atomic E-state index is 9.94. The van der Waals surface area contributed by atoms with E-state index in [1.807, 2.05) is 26.2 Å². The van der Waals surface area contributed by atoms with Crippen LogP contribution in [-0.4, -0.2) is 21.7 Å². The lowest BCUT2D eigenvalue weighted by Gasteiger charge is -2.10. The molecule has 0 spiro atoms. The molecule has 0 aromatic heterocycles. The number of nitrogens with one attached hydrogen (secondary N) is 1. The predicted molar refractivity (Wildman–Crippen MR) is 39.9 cm³/mol. The van der Waals surface area contributed by atoms with Crippen LogP contribution in [0.15, 0.2) is 4.99 Å². The first-order valence-corrected chi connectivity index (χ1v) is 3.09. The average Bonchev–Trinajstić information content (AvgIpc) is 1.53. The zero-order chi connectivity index (χ0) is 9.07. The van der Waals surface area contributed by atoms with Crippen molar-refractivity contribution in [2.75, 3.05) is 0 Å². The van der Waals surface area contributed by atoms with Crippen LogP contribution in [0.4, 0.5) is 0 Å². The van der Waals surface area contributed by atoms with Crippen LogP contribution in [0.25, 0.3) is 0 Å². The Kier molecular flexibility index (Phi) is 2.79. The van der Waals surface area contributed by atoms with E-state index >= 15 is 0 Å². The van der Waals surface area contributed by atoms with E-state index in [-0.39, 0.29) is 11.5 Å². The smallest absolute Gasteiger partial charge is 0.362 e. The van der Waals surface area contributed by atoms with Gasteiger partial charge in [0.15, 0.2) is 0 Å². The van der Waals surface area contributed by atoms with Gasteiger partial charge in [0.2, 0.25) is 0 Å². The van der Waals surface area contributed by atoms with Crippen molar-refractivity contribution < 1.29 is 10.2 Å². The number of hydrogen-bond acceptors (Lipinski definition) is 2. The lowest BCUT2D eigenvalue weighted by molar-refractivity contribution is -0.822. The molecule has 0 saturated carbocycles. The summed E-state index contributed by atoms with van der Waals surface area (Å²) in [6.45, 7) is 5.44. The van der Waals surface area contributed by atoms with E-state index in [9.17, 15) is 4.91 Å². The molecule has 0 amide bonds. The van der Waals surface area contributed by atoms with Gasteiger partial charge in [0.25, 0.3) is 5.96 Å². The van der Waals surface area contributed by atoms with Gasteiger partial charge < -0.3 is 5.73 Å². The Balaban J connectivity index is 4.12. The minimum Gasteiger partial charge on any atom is -0.365 e. The summed E-state index contributed by atoms with van der Waals surface area (Å²) < 4.78 is 0. The molecule has 0 aliphatic heterocycles. The Morgan fingerprint density at radius 1 is 1.64 bits per heavy atom. The topological polar surface area (TPSA) is 90.7 Å². The Morgan fingerprint density at radius 2 is 2.09 bits per heavy atom. The van der Waals surface area contributed by atoms with E-state index in [1.165, 1.54) is 0 Å². The second-order valence-corrected chi connectivity index (χ2v) is 3.05. The summed E-state index contributed by atoms with van der Waals surface area (Å²) >= 11 is 0. The Morgan fingerprint density at radius 3 is 2.36 bits per heavy atom. The molecule has 0 aromatic carbocycles. The molecule has 0 aliphatic rings. The molecule has 0 fully saturated rings. The molecule has 0 rings (SSSR count). The fraction of sp³-hybridized carbons (Fsp3) is 0.800. The summed E-state index contributed by atoms with van der Waals surface area (Å²) in [4.78, 5) is 13.8. The highest BCUT2D eigenvalue weighted by Crippen LogP contribution is 2.04. The normalized spacial score (nSPS) is 12.8. The molecule has 0 atom stereocenters. The SMILES string of the molecule is CC(C)(C)N=C(N)N[N+](=O)O. The molecule has 0 radical (unpaired) electrons. The molecule has 0 heterocycles. The number of nitrogens with two attached hydrogens (primary N) is 1. The first-order valence-electron chi connectivity index (χ1n) is 3.09. The zero-order valence-electron chi connectivity index (χ0n) is 6.83. The van der Waals surface area contributed by atoms with Crippen molar-refractivity contribution >= 4 is 5.96 Å². The van der Waals surface area contributed by atoms with E-state index in [4.69, 9.17) is 10.9 Å². The van der Waals surface area contributed by atoms with Crippen LogP contribution in [0, 0.1) is 4.91 Å². The molecular weight excluding hydrogens is 148 g/mol. The van der Waals surface area contributed by atoms with Crippen LogP contribution >= 0.6 is 0 Å². The summed E-state index contributed by atoms with van der Waals surface area (Å²) in [5.74, 6) is -0.116. The summed E-state index contributed by atoms with van der Waals surface area (Å²) in [5, 5.41) is 7.63. The van der Waals surface area contributed by atoms with Crippen LogP contribution < -0.4 is 11.2 Å². The van der Waals surface area contributed by atoms with Gasteiger partial charge in [-0.05, 0) is 26.2 Å². The Bertz CT molecular complexity index is 181. The molecule has 0 bridgehead atoms. The Hall–Kier alpha value is -1.33. The second-order valence-electron chi connectivity index (χ2n) is 3.05. The zero-order valence-corrected chi connectivity index (χ0v) is 6.83. The van der Waals surface area contributed by atoms with Gasteiger partial charge in [0, 0.05) is 0 Å². The minimum atomic E-state index is -0.495. The van der Waals surface area contributed by atoms with Crippen LogP contribution in [0.5, 0.6) is 0 Å². The van der Waals surface area contributed by atoms with E-state index in [0.717, 1.165) is 0 Å². The number of hydrazine groups is 1. The monoisotopic (exact) mass is 161 g/mol. The first-order chi connectivity index (χ1) is 4.81. The fourth-order valence-electron chi connectivity index (χ4n) is 0.484. The van der Waals surface area contributed by atoms with E-state index in [1.54, 1.807) is 0 Å². The molecule has 0 aromatic rings. The van der Waals surface area contributed by atoms with Gasteiger partial charge >= 0.3 is 5.03 Å². The second kappa shape index (κ2) is 3.18. The van der Waals surface area contributed by atoms with Gasteiger partial charge in [-0.2, -0.15) is 0 Å². The van der Waals surface area contributed by atoms with Crippen molar-refractivity contribution in [1.82, 2.24) is 5.43 Å². The molecule has 11 heavy (non-hydrogen) atoms. The van der Waals surface area contributed by atoms with E-state index < -0.39 is 5.03 Å². The summed E-state index contributed by atoms with van der Waals surface area (Å²) in [5.41, 5.74) is 6.69. The highest BCUT2D eigenvalue weighted by molar-refractivity contribution is 5.76. The summed E-state index contributed by atoms with van der Waals surface area (Å²) in [7, 11) is 0. The highest BCUT2D eigenvalue weighted by atomic mass is 16.7. The number of aliphatic imine (C=N–C) groups is 1. The van der Waals surface area contributed by atoms with Crippen molar-refractivity contribution in [3.63, 3.8) is 0 Å². The van der Waals surface area contributed by atoms with Crippen molar-refractivity contribution in [3.05, 3.63) is 4.91 Å². The number of nitrogens with zero attached hydrogens (tertiary/aromatic N) is 2. The van der Waals surface area contributed by atoms with E-state index in [2.05, 4.69) is 4.99 Å². The molecule has 6 heteroatoms. The molecule has 0 aliphatic carbocycles. The maximum atomic E-state index is 9.94. The maximum Gasteiger partial charge on any atom is 0.362 e. The summed E-state index contributed by atoms with van der Waals surface area (Å²) in [6.07, 6.45) is 0. The Labute approximate surface area is 64.6 Å². The average molecular weight is 161 g/mol. The van der Waals surface area contributed by atoms with Gasteiger partial charge in [0.05, 0.1) is 5.54 Å². The number of guanidine groups is 1. The third-order valence-electron chi connectivity index (χ3n) is 0.666. The van der Waals surface area contributed by atoms with Crippen LogP contribution in [0.2, 0.25) is 0 Å². The van der Waals surface area contributed by atoms with Crippen LogP contribution in [0.3, 0.4) is 0 Å². The molecule has 0 unspecified atom stereocenters. The van der Waals surface area contributed by atoms with Crippen molar-refractivity contribution in [2.45, 2.75) is 26.3 Å². The van der Waals surface area contributed by atoms with Crippen molar-refractivity contribution in [2.24, 2.45) is 10.7 Å². The number of hydrogen-bond donors (Lipinski definition) is 3. The van der Waals surface area contributed by atoms with Crippen LogP contribution in [0.1, 0.15) is 20.8 Å². The van der Waals surface area contributed by atoms with Crippen molar-refractivity contribution in [3.8, 4) is 0 Å². The third-order valence-corrected chi connectivity index (χ3v) is 0.666. The predicted octanol–water partition coefficient (Wildman–Crippen LogP) is -0.228. The molecule has 4 N–H and O–H groups in total. The van der Waals surface area contributed by atoms with Gasteiger partial charge in [-0.1, -0.05) is 0 Å². The molecule has 0 saturated heterocycles. The highest BCUT2D eigenvalue weighted by Gasteiger charge is 2.11. The molecule has 64 valence electrons. The standard InChI is InChI=1S/C5H13N4O2/c1-5(2,3)7-4(6)8-9(10)11/h1-3H3,(H,10,11)(H3,6,7,8)/q+1. The number of rotatable bonds is 1. The van der Waals surface area contributed by atoms with Gasteiger partial charge in [-0.15, -0.1) is 0 Å². The first kappa shape index (κ1) is 9.67. The third kappa shape index (κ3) is 6.56. The van der Waals surface area contributed by atoms with E-state index in [0.29, 0.717) is 0 Å². The molecular formula is C5H13N4O2+.